The molecule has 0 radical (unpaired) electrons. The number of esters is 1. The maximum absolute atomic E-state index is 13.1. The highest BCUT2D eigenvalue weighted by Crippen LogP contribution is 2.32. The molecular formula is C31H45N3O13. The van der Waals surface area contributed by atoms with Crippen molar-refractivity contribution in [1.29, 1.82) is 0 Å². The average Bonchev–Trinajstić information content (AvgIpc) is 3.30. The van der Waals surface area contributed by atoms with Crippen LogP contribution in [0.2, 0.25) is 0 Å². The number of hydrogen-bond donors (Lipinski definition) is 2. The van der Waals surface area contributed by atoms with Gasteiger partial charge in [-0.15, -0.1) is 0 Å². The largest absolute Gasteiger partial charge is 0.463 e. The number of anilines is 1. The fourth-order valence-electron chi connectivity index (χ4n) is 4.59. The minimum Gasteiger partial charge on any atom is -0.463 e. The standard InChI is InChI=1S/C31H45N3O13/c1-23(35)47-22-21-46-20-19-45-18-17-44-16-15-43-14-13-42-12-11-41-10-9-40-8-7-32-25-4-2-3-24-28(25)31(39)34(30(24)38)26-5-6-27(36)33-29(26)37/h2-4,26,32H,5-22H2,1H3,(H,33,36,37). The topological polar surface area (TPSA) is 186 Å². The van der Waals surface area contributed by atoms with Crippen molar-refractivity contribution in [2.75, 3.05) is 111 Å². The molecule has 1 unspecified atom stereocenters. The van der Waals surface area contributed by atoms with E-state index in [0.717, 1.165) is 4.90 Å². The first-order valence-corrected chi connectivity index (χ1v) is 15.7. The third kappa shape index (κ3) is 13.6. The summed E-state index contributed by atoms with van der Waals surface area (Å²) in [5, 5.41) is 5.32. The minimum atomic E-state index is -1.01. The van der Waals surface area contributed by atoms with Crippen molar-refractivity contribution in [3.05, 3.63) is 29.3 Å². The number of piperidine rings is 1. The lowest BCUT2D eigenvalue weighted by Gasteiger charge is -2.27. The van der Waals surface area contributed by atoms with Crippen molar-refractivity contribution < 1.29 is 61.9 Å². The number of amides is 4. The van der Waals surface area contributed by atoms with Gasteiger partial charge < -0.3 is 43.2 Å². The van der Waals surface area contributed by atoms with Crippen LogP contribution < -0.4 is 10.6 Å². The van der Waals surface area contributed by atoms with Gasteiger partial charge in [0.25, 0.3) is 11.8 Å². The number of nitrogens with zero attached hydrogens (tertiary/aromatic N) is 1. The van der Waals surface area contributed by atoms with Gasteiger partial charge in [-0.25, -0.2) is 0 Å². The molecule has 2 heterocycles. The van der Waals surface area contributed by atoms with Gasteiger partial charge >= 0.3 is 5.97 Å². The number of nitrogens with one attached hydrogen (secondary N) is 2. The highest BCUT2D eigenvalue weighted by atomic mass is 16.6. The number of ether oxygens (including phenoxy) is 8. The molecule has 16 heteroatoms. The van der Waals surface area contributed by atoms with Crippen LogP contribution in [-0.2, 0) is 52.3 Å². The van der Waals surface area contributed by atoms with Gasteiger partial charge in [0.05, 0.1) is 104 Å². The Morgan fingerprint density at radius 2 is 1.21 bits per heavy atom. The van der Waals surface area contributed by atoms with Crippen LogP contribution in [0.25, 0.3) is 0 Å². The number of fused-ring (bicyclic) bond motifs is 1. The number of carbonyl (C=O) groups excluding carboxylic acids is 5. The monoisotopic (exact) mass is 667 g/mol. The van der Waals surface area contributed by atoms with E-state index in [2.05, 4.69) is 10.6 Å². The summed E-state index contributed by atoms with van der Waals surface area (Å²) < 4.78 is 42.8. The van der Waals surface area contributed by atoms with Crippen LogP contribution in [-0.4, -0.2) is 146 Å². The molecule has 4 amide bonds. The summed E-state index contributed by atoms with van der Waals surface area (Å²) in [4.78, 5) is 61.3. The molecule has 0 saturated carbocycles. The highest BCUT2D eigenvalue weighted by Gasteiger charge is 2.45. The Morgan fingerprint density at radius 1 is 0.723 bits per heavy atom. The van der Waals surface area contributed by atoms with Crippen LogP contribution in [0.15, 0.2) is 18.2 Å². The van der Waals surface area contributed by atoms with Crippen LogP contribution in [0.1, 0.15) is 40.5 Å². The molecule has 1 saturated heterocycles. The van der Waals surface area contributed by atoms with Crippen LogP contribution >= 0.6 is 0 Å². The van der Waals surface area contributed by atoms with Crippen molar-refractivity contribution in [1.82, 2.24) is 10.2 Å². The number of hydrogen-bond acceptors (Lipinski definition) is 14. The molecule has 3 rings (SSSR count). The Labute approximate surface area is 273 Å². The van der Waals surface area contributed by atoms with Gasteiger partial charge in [-0.05, 0) is 18.6 Å². The zero-order valence-electron chi connectivity index (χ0n) is 26.8. The van der Waals surface area contributed by atoms with Gasteiger partial charge in [0.15, 0.2) is 0 Å². The summed E-state index contributed by atoms with van der Waals surface area (Å²) in [6.45, 7) is 7.81. The maximum Gasteiger partial charge on any atom is 0.302 e. The first-order chi connectivity index (χ1) is 22.9. The highest BCUT2D eigenvalue weighted by molar-refractivity contribution is 6.25. The second kappa shape index (κ2) is 22.1. The SMILES string of the molecule is CC(=O)OCCOCCOCCOCCOCCOCCOCCOCCNc1cccc2c1C(=O)N(C1CCC(=O)NC1=O)C2=O. The van der Waals surface area contributed by atoms with Crippen molar-refractivity contribution in [2.24, 2.45) is 0 Å². The zero-order valence-corrected chi connectivity index (χ0v) is 26.8. The van der Waals surface area contributed by atoms with E-state index in [0.29, 0.717) is 105 Å². The van der Waals surface area contributed by atoms with Crippen molar-refractivity contribution in [3.8, 4) is 0 Å². The predicted molar refractivity (Wildman–Crippen MR) is 164 cm³/mol. The quantitative estimate of drug-likeness (QED) is 0.0774. The van der Waals surface area contributed by atoms with Gasteiger partial charge in [0.2, 0.25) is 11.8 Å². The number of rotatable bonds is 26. The second-order valence-electron chi connectivity index (χ2n) is 10.2. The zero-order chi connectivity index (χ0) is 33.7. The summed E-state index contributed by atoms with van der Waals surface area (Å²) in [7, 11) is 0. The summed E-state index contributed by atoms with van der Waals surface area (Å²) in [5.41, 5.74) is 0.900. The van der Waals surface area contributed by atoms with Crippen molar-refractivity contribution >= 4 is 35.3 Å². The minimum absolute atomic E-state index is 0.0649. The van der Waals surface area contributed by atoms with E-state index >= 15 is 0 Å². The normalized spacial score (nSPS) is 16.0. The number of benzene rings is 1. The Hall–Kier alpha value is -3.51. The summed E-state index contributed by atoms with van der Waals surface area (Å²) in [5.74, 6) is -2.50. The molecule has 262 valence electrons. The molecule has 0 spiro atoms. The summed E-state index contributed by atoms with van der Waals surface area (Å²) in [6.07, 6.45) is 0.168. The van der Waals surface area contributed by atoms with E-state index in [1.807, 2.05) is 0 Å². The van der Waals surface area contributed by atoms with E-state index in [1.54, 1.807) is 18.2 Å². The molecule has 47 heavy (non-hydrogen) atoms. The van der Waals surface area contributed by atoms with Gasteiger partial charge in [-0.2, -0.15) is 0 Å². The molecule has 2 N–H and O–H groups in total. The van der Waals surface area contributed by atoms with Crippen LogP contribution in [0.5, 0.6) is 0 Å². The lowest BCUT2D eigenvalue weighted by Crippen LogP contribution is -2.54. The molecule has 1 atom stereocenters. The lowest BCUT2D eigenvalue weighted by molar-refractivity contribution is -0.142. The van der Waals surface area contributed by atoms with E-state index in [1.165, 1.54) is 6.92 Å². The second-order valence-corrected chi connectivity index (χ2v) is 10.2. The molecule has 0 aromatic heterocycles. The van der Waals surface area contributed by atoms with Gasteiger partial charge in [-0.3, -0.25) is 34.2 Å². The molecule has 1 aromatic carbocycles. The van der Waals surface area contributed by atoms with E-state index in [4.69, 9.17) is 37.9 Å². The Bertz CT molecular complexity index is 1170. The van der Waals surface area contributed by atoms with Gasteiger partial charge in [-0.1, -0.05) is 6.07 Å². The first kappa shape index (κ1) is 37.9. The summed E-state index contributed by atoms with van der Waals surface area (Å²) >= 11 is 0. The molecule has 1 aromatic rings. The fraction of sp³-hybridized carbons (Fsp3) is 0.645. The van der Waals surface area contributed by atoms with Crippen molar-refractivity contribution in [2.45, 2.75) is 25.8 Å². The molecular weight excluding hydrogens is 622 g/mol. The Morgan fingerprint density at radius 3 is 1.70 bits per heavy atom. The first-order valence-electron chi connectivity index (χ1n) is 15.7. The molecule has 2 aliphatic heterocycles. The smallest absolute Gasteiger partial charge is 0.302 e. The van der Waals surface area contributed by atoms with Crippen LogP contribution in [0.4, 0.5) is 5.69 Å². The van der Waals surface area contributed by atoms with E-state index in [9.17, 15) is 24.0 Å². The molecule has 0 bridgehead atoms. The number of carbonyl (C=O) groups is 5. The summed E-state index contributed by atoms with van der Waals surface area (Å²) in [6, 6.07) is 3.89. The Balaban J connectivity index is 1.10. The van der Waals surface area contributed by atoms with Gasteiger partial charge in [0.1, 0.15) is 12.6 Å². The lowest BCUT2D eigenvalue weighted by atomic mass is 10.0. The third-order valence-corrected chi connectivity index (χ3v) is 6.80. The predicted octanol–water partition coefficient (Wildman–Crippen LogP) is 0.179. The fourth-order valence-corrected chi connectivity index (χ4v) is 4.59. The Kier molecular flexibility index (Phi) is 17.9. The average molecular weight is 668 g/mol. The third-order valence-electron chi connectivity index (χ3n) is 6.80. The van der Waals surface area contributed by atoms with Crippen LogP contribution in [0, 0.1) is 0 Å². The number of imide groups is 2. The van der Waals surface area contributed by atoms with Crippen molar-refractivity contribution in [3.63, 3.8) is 0 Å². The van der Waals surface area contributed by atoms with E-state index in [-0.39, 0.29) is 36.5 Å². The molecule has 0 aliphatic carbocycles. The maximum atomic E-state index is 13.1. The molecule has 2 aliphatic rings. The molecule has 16 nitrogen and oxygen atoms in total. The van der Waals surface area contributed by atoms with Crippen LogP contribution in [0.3, 0.4) is 0 Å². The van der Waals surface area contributed by atoms with E-state index < -0.39 is 29.7 Å². The van der Waals surface area contributed by atoms with Gasteiger partial charge in [0, 0.05) is 25.6 Å². The molecule has 1 fully saturated rings.